The molecular weight excluding hydrogens is 655 g/mol. The summed E-state index contributed by atoms with van der Waals surface area (Å²) in [6.45, 7) is 9.81. The van der Waals surface area contributed by atoms with Crippen molar-refractivity contribution < 1.29 is 31.9 Å². The van der Waals surface area contributed by atoms with E-state index in [-0.39, 0.29) is 29.1 Å². The second kappa shape index (κ2) is 13.4. The van der Waals surface area contributed by atoms with Gasteiger partial charge in [0.15, 0.2) is 5.69 Å². The number of hydrogen-bond donors (Lipinski definition) is 1. The Kier molecular flexibility index (Phi) is 9.35. The van der Waals surface area contributed by atoms with Crippen LogP contribution < -0.4 is 25.9 Å². The molecule has 6 rings (SSSR count). The molecule has 0 unspecified atom stereocenters. The average Bonchev–Trinajstić information content (AvgIpc) is 3.37. The monoisotopic (exact) mass is 693 g/mol. The van der Waals surface area contributed by atoms with E-state index in [1.807, 2.05) is 36.4 Å². The lowest BCUT2D eigenvalue weighted by Crippen LogP contribution is -2.67. The number of carbonyl (C=O) groups excluding carboxylic acids is 1. The van der Waals surface area contributed by atoms with Gasteiger partial charge >= 0.3 is 12.3 Å². The third-order valence-electron chi connectivity index (χ3n) is 8.84. The Balaban J connectivity index is 1.46. The second-order valence-electron chi connectivity index (χ2n) is 13.0. The number of rotatable bonds is 8. The van der Waals surface area contributed by atoms with Crippen molar-refractivity contribution in [3.63, 3.8) is 0 Å². The molecule has 2 atom stereocenters. The number of ether oxygens (including phenoxy) is 2. The van der Waals surface area contributed by atoms with Gasteiger partial charge in [0, 0.05) is 30.9 Å². The molecule has 0 bridgehead atoms. The predicted octanol–water partition coefficient (Wildman–Crippen LogP) is 4.66. The van der Waals surface area contributed by atoms with Gasteiger partial charge in [-0.25, -0.2) is 19.7 Å². The fourth-order valence-corrected chi connectivity index (χ4v) is 11.0. The van der Waals surface area contributed by atoms with E-state index in [1.54, 1.807) is 11.8 Å². The Morgan fingerprint density at radius 1 is 0.959 bits per heavy atom. The van der Waals surface area contributed by atoms with Crippen LogP contribution in [0.25, 0.3) is 11.3 Å². The number of cyclic esters (lactones) is 1. The summed E-state index contributed by atoms with van der Waals surface area (Å²) in [7, 11) is -3.04. The summed E-state index contributed by atoms with van der Waals surface area (Å²) in [5.74, 6) is -0.349. The summed E-state index contributed by atoms with van der Waals surface area (Å²) < 4.78 is 61.0. The van der Waals surface area contributed by atoms with Crippen molar-refractivity contribution in [3.05, 3.63) is 78.6 Å². The molecular formula is C34H38F3N7O4Si. The molecule has 2 saturated heterocycles. The molecule has 4 heterocycles. The molecule has 0 aliphatic carbocycles. The highest BCUT2D eigenvalue weighted by Crippen LogP contribution is 2.40. The number of amides is 1. The first kappa shape index (κ1) is 34.3. The lowest BCUT2D eigenvalue weighted by Gasteiger charge is -2.44. The van der Waals surface area contributed by atoms with Crippen LogP contribution >= 0.6 is 0 Å². The standard InChI is InChI=1S/C34H38F3N7O4Si/c1-22-27(21-47-49(33(2,3)4,23-11-7-5-8-12-23)24-13-9-6-10-14-24)44(32(45)48-22)28-19-26(40-31(41-28)43-15-17-46-18-16-43)25-20-39-30(38)42-29(25)34(35,36)37/h5-14,19-20,22,27H,15-18,21H2,1-4H3,(H2,38,39,42)/t22-,27-/m0/s1. The number of nitrogen functional groups attached to an aromatic ring is 1. The van der Waals surface area contributed by atoms with Crippen LogP contribution in [0.2, 0.25) is 5.04 Å². The van der Waals surface area contributed by atoms with E-state index in [0.717, 1.165) is 16.6 Å². The Labute approximate surface area is 283 Å². The molecule has 2 aliphatic heterocycles. The van der Waals surface area contributed by atoms with Crippen LogP contribution in [-0.2, 0) is 20.1 Å². The van der Waals surface area contributed by atoms with Crippen molar-refractivity contribution in [2.24, 2.45) is 0 Å². The molecule has 49 heavy (non-hydrogen) atoms. The maximum Gasteiger partial charge on any atom is 0.434 e. The number of nitrogens with two attached hydrogens (primary N) is 1. The fourth-order valence-electron chi connectivity index (χ4n) is 6.47. The van der Waals surface area contributed by atoms with Gasteiger partial charge in [-0.05, 0) is 22.3 Å². The van der Waals surface area contributed by atoms with Crippen LogP contribution in [0.1, 0.15) is 33.4 Å². The van der Waals surface area contributed by atoms with Crippen molar-refractivity contribution >= 4 is 42.5 Å². The van der Waals surface area contributed by atoms with E-state index in [2.05, 4.69) is 60.0 Å². The minimum Gasteiger partial charge on any atom is -0.444 e. The van der Waals surface area contributed by atoms with Gasteiger partial charge in [-0.15, -0.1) is 0 Å². The zero-order chi connectivity index (χ0) is 35.0. The Hall–Kier alpha value is -4.60. The SMILES string of the molecule is C[C@@H]1OC(=O)N(c2cc(-c3cnc(N)nc3C(F)(F)F)nc(N3CCOCC3)n2)[C@H]1CO[Si](c1ccccc1)(c1ccccc1)C(C)(C)C. The number of anilines is 3. The summed E-state index contributed by atoms with van der Waals surface area (Å²) in [6.07, 6.45) is -5.22. The predicted molar refractivity (Wildman–Crippen MR) is 181 cm³/mol. The molecule has 2 aromatic heterocycles. The third kappa shape index (κ3) is 6.69. The molecule has 258 valence electrons. The number of aromatic nitrogens is 4. The average molecular weight is 694 g/mol. The van der Waals surface area contributed by atoms with Gasteiger partial charge in [0.2, 0.25) is 11.9 Å². The second-order valence-corrected chi connectivity index (χ2v) is 17.3. The molecule has 2 fully saturated rings. The van der Waals surface area contributed by atoms with Crippen molar-refractivity contribution in [1.82, 2.24) is 19.9 Å². The van der Waals surface area contributed by atoms with Crippen LogP contribution in [0.15, 0.2) is 72.9 Å². The van der Waals surface area contributed by atoms with Crippen LogP contribution in [-0.4, -0.2) is 79.4 Å². The van der Waals surface area contributed by atoms with Crippen LogP contribution in [0.4, 0.5) is 35.7 Å². The third-order valence-corrected chi connectivity index (χ3v) is 13.8. The largest absolute Gasteiger partial charge is 0.444 e. The van der Waals surface area contributed by atoms with Gasteiger partial charge in [-0.2, -0.15) is 18.2 Å². The molecule has 2 aliphatic rings. The highest BCUT2D eigenvalue weighted by Gasteiger charge is 2.52. The van der Waals surface area contributed by atoms with Crippen LogP contribution in [0, 0.1) is 0 Å². The Bertz CT molecular complexity index is 1750. The van der Waals surface area contributed by atoms with Gasteiger partial charge in [-0.1, -0.05) is 81.4 Å². The number of hydrogen-bond acceptors (Lipinski definition) is 10. The number of nitrogens with zero attached hydrogens (tertiary/aromatic N) is 6. The highest BCUT2D eigenvalue weighted by molar-refractivity contribution is 6.99. The maximum atomic E-state index is 14.2. The number of morpholine rings is 1. The minimum atomic E-state index is -4.86. The first-order valence-electron chi connectivity index (χ1n) is 16.0. The maximum absolute atomic E-state index is 14.2. The zero-order valence-electron chi connectivity index (χ0n) is 27.6. The molecule has 2 N–H and O–H groups in total. The van der Waals surface area contributed by atoms with Gasteiger partial charge in [0.25, 0.3) is 8.32 Å². The summed E-state index contributed by atoms with van der Waals surface area (Å²) in [5.41, 5.74) is 3.78. The highest BCUT2D eigenvalue weighted by atomic mass is 28.4. The van der Waals surface area contributed by atoms with Crippen LogP contribution in [0.5, 0.6) is 0 Å². The summed E-state index contributed by atoms with van der Waals surface area (Å²) in [4.78, 5) is 33.3. The smallest absolute Gasteiger partial charge is 0.434 e. The van der Waals surface area contributed by atoms with Gasteiger partial charge < -0.3 is 24.5 Å². The normalized spacial score (nSPS) is 18.9. The molecule has 0 spiro atoms. The van der Waals surface area contributed by atoms with E-state index >= 15 is 0 Å². The molecule has 2 aromatic carbocycles. The van der Waals surface area contributed by atoms with Crippen molar-refractivity contribution in [1.29, 1.82) is 0 Å². The minimum absolute atomic E-state index is 0.0573. The van der Waals surface area contributed by atoms with Crippen molar-refractivity contribution in [3.8, 4) is 11.3 Å². The Morgan fingerprint density at radius 3 is 2.14 bits per heavy atom. The van der Waals surface area contributed by atoms with E-state index in [1.165, 1.54) is 11.0 Å². The first-order chi connectivity index (χ1) is 23.3. The van der Waals surface area contributed by atoms with E-state index in [0.29, 0.717) is 26.3 Å². The van der Waals surface area contributed by atoms with Crippen molar-refractivity contribution in [2.75, 3.05) is 48.4 Å². The van der Waals surface area contributed by atoms with Crippen LogP contribution in [0.3, 0.4) is 0 Å². The van der Waals surface area contributed by atoms with E-state index < -0.39 is 49.9 Å². The lowest BCUT2D eigenvalue weighted by atomic mass is 10.1. The fraction of sp³-hybridized carbons (Fsp3) is 0.382. The topological polar surface area (TPSA) is 129 Å². The number of carbonyl (C=O) groups is 1. The van der Waals surface area contributed by atoms with Crippen molar-refractivity contribution in [2.45, 2.75) is 51.1 Å². The Morgan fingerprint density at radius 2 is 1.57 bits per heavy atom. The summed E-state index contributed by atoms with van der Waals surface area (Å²) >= 11 is 0. The van der Waals surface area contributed by atoms with Gasteiger partial charge in [0.05, 0.1) is 25.5 Å². The summed E-state index contributed by atoms with van der Waals surface area (Å²) in [5, 5.41) is 1.77. The van der Waals surface area contributed by atoms with Gasteiger partial charge in [-0.3, -0.25) is 4.90 Å². The quantitative estimate of drug-likeness (QED) is 0.260. The molecule has 15 heteroatoms. The lowest BCUT2D eigenvalue weighted by molar-refractivity contribution is -0.140. The van der Waals surface area contributed by atoms with E-state index in [9.17, 15) is 18.0 Å². The molecule has 0 radical (unpaired) electrons. The molecule has 11 nitrogen and oxygen atoms in total. The summed E-state index contributed by atoms with van der Waals surface area (Å²) in [6, 6.07) is 20.8. The number of halogens is 3. The number of alkyl halides is 3. The number of benzene rings is 2. The molecule has 0 saturated carbocycles. The first-order valence-corrected chi connectivity index (χ1v) is 17.9. The molecule has 4 aromatic rings. The zero-order valence-corrected chi connectivity index (χ0v) is 28.6. The van der Waals surface area contributed by atoms with Gasteiger partial charge in [0.1, 0.15) is 18.0 Å². The van der Waals surface area contributed by atoms with E-state index in [4.69, 9.17) is 24.6 Å². The molecule has 1 amide bonds.